The van der Waals surface area contributed by atoms with Crippen LogP contribution in [0.2, 0.25) is 0 Å². The summed E-state index contributed by atoms with van der Waals surface area (Å²) < 4.78 is 4.60. The molecule has 0 spiro atoms. The van der Waals surface area contributed by atoms with Crippen molar-refractivity contribution in [1.82, 2.24) is 10.2 Å². The van der Waals surface area contributed by atoms with E-state index in [-0.39, 0.29) is 25.4 Å². The molecule has 2 aliphatic rings. The summed E-state index contributed by atoms with van der Waals surface area (Å²) in [4.78, 5) is 49.5. The molecule has 0 bridgehead atoms. The number of nitrogens with two attached hydrogens (primary N) is 1. The van der Waals surface area contributed by atoms with Gasteiger partial charge in [0.25, 0.3) is 0 Å². The molecule has 2 heterocycles. The number of ether oxygens (including phenoxy) is 1. The number of aliphatic hydroxyl groups is 1. The van der Waals surface area contributed by atoms with Crippen LogP contribution < -0.4 is 16.4 Å². The number of benzene rings is 1. The maximum Gasteiger partial charge on any atom is 0.310 e. The number of carbonyl (C=O) groups excluding carboxylic acids is 4. The number of amides is 3. The smallest absolute Gasteiger partial charge is 0.310 e. The second kappa shape index (κ2) is 9.57. The van der Waals surface area contributed by atoms with Gasteiger partial charge in [-0.25, -0.2) is 0 Å². The van der Waals surface area contributed by atoms with Crippen LogP contribution >= 0.6 is 0 Å². The summed E-state index contributed by atoms with van der Waals surface area (Å²) in [7, 11) is 0. The Kier molecular flexibility index (Phi) is 6.88. The predicted octanol–water partition coefficient (Wildman–Crippen LogP) is -0.811. The number of nitrogens with one attached hydrogen (secondary N) is 2. The fraction of sp³-hybridized carbons (Fsp3) is 0.500. The van der Waals surface area contributed by atoms with Gasteiger partial charge in [0.15, 0.2) is 0 Å². The van der Waals surface area contributed by atoms with Crippen LogP contribution in [0.5, 0.6) is 0 Å². The van der Waals surface area contributed by atoms with Crippen LogP contribution in [-0.4, -0.2) is 65.7 Å². The molecule has 0 aliphatic carbocycles. The zero-order chi connectivity index (χ0) is 21.7. The molecule has 0 aromatic heterocycles. The Bertz CT molecular complexity index is 802. The second-order valence-electron chi connectivity index (χ2n) is 7.62. The number of anilines is 1. The first-order chi connectivity index (χ1) is 14.3. The molecule has 10 nitrogen and oxygen atoms in total. The second-order valence-corrected chi connectivity index (χ2v) is 7.62. The lowest BCUT2D eigenvalue weighted by Gasteiger charge is -2.26. The zero-order valence-corrected chi connectivity index (χ0v) is 16.5. The minimum atomic E-state index is -1.41. The van der Waals surface area contributed by atoms with Gasteiger partial charge < -0.3 is 31.1 Å². The molecule has 3 rings (SSSR count). The van der Waals surface area contributed by atoms with Gasteiger partial charge in [0, 0.05) is 18.8 Å². The number of hydrogen-bond donors (Lipinski definition) is 4. The predicted molar refractivity (Wildman–Crippen MR) is 106 cm³/mol. The van der Waals surface area contributed by atoms with Crippen LogP contribution in [0, 0.1) is 11.8 Å². The van der Waals surface area contributed by atoms with Crippen LogP contribution in [0.25, 0.3) is 0 Å². The lowest BCUT2D eigenvalue weighted by Crippen LogP contribution is -2.49. The molecule has 10 heteroatoms. The van der Waals surface area contributed by atoms with E-state index in [1.807, 2.05) is 30.3 Å². The van der Waals surface area contributed by atoms with Gasteiger partial charge >= 0.3 is 5.97 Å². The SMILES string of the molecule is NC(=O)C1CCC(CNc2ccccc2)CN(CC(=O)NC2CC(=O)OC2O)C1=O. The van der Waals surface area contributed by atoms with Crippen molar-refractivity contribution >= 4 is 29.4 Å². The first kappa shape index (κ1) is 21.6. The van der Waals surface area contributed by atoms with Gasteiger partial charge in [-0.15, -0.1) is 0 Å². The van der Waals surface area contributed by atoms with Gasteiger partial charge in [0.2, 0.25) is 24.0 Å². The molecule has 4 atom stereocenters. The third kappa shape index (κ3) is 5.47. The van der Waals surface area contributed by atoms with E-state index in [0.29, 0.717) is 19.4 Å². The summed E-state index contributed by atoms with van der Waals surface area (Å²) in [5.41, 5.74) is 6.34. The maximum absolute atomic E-state index is 12.8. The lowest BCUT2D eigenvalue weighted by atomic mass is 9.97. The molecule has 5 N–H and O–H groups in total. The standard InChI is InChI=1S/C20H26N4O6/c21-18(27)14-7-6-12(9-22-13-4-2-1-3-5-13)10-24(19(14)28)11-16(25)23-15-8-17(26)30-20(15)29/h1-5,12,14-15,20,22,29H,6-11H2,(H2,21,27)(H,23,25). The highest BCUT2D eigenvalue weighted by Gasteiger charge is 2.37. The average molecular weight is 418 g/mol. The summed E-state index contributed by atoms with van der Waals surface area (Å²) in [6.07, 6.45) is -0.644. The van der Waals surface area contributed by atoms with E-state index in [1.54, 1.807) is 0 Å². The van der Waals surface area contributed by atoms with E-state index in [1.165, 1.54) is 4.90 Å². The number of para-hydroxylation sites is 1. The topological polar surface area (TPSA) is 151 Å². The molecule has 1 aromatic carbocycles. The van der Waals surface area contributed by atoms with E-state index in [0.717, 1.165) is 5.69 Å². The highest BCUT2D eigenvalue weighted by Crippen LogP contribution is 2.23. The minimum absolute atomic E-state index is 0.00767. The quantitative estimate of drug-likeness (QED) is 0.334. The normalized spacial score (nSPS) is 26.6. The van der Waals surface area contributed by atoms with Crippen molar-refractivity contribution in [3.05, 3.63) is 30.3 Å². The summed E-state index contributed by atoms with van der Waals surface area (Å²) in [6, 6.07) is 8.71. The summed E-state index contributed by atoms with van der Waals surface area (Å²) in [5.74, 6) is -3.34. The number of hydrogen-bond acceptors (Lipinski definition) is 7. The number of rotatable bonds is 7. The molecule has 4 unspecified atom stereocenters. The largest absolute Gasteiger partial charge is 0.434 e. The van der Waals surface area contributed by atoms with E-state index in [9.17, 15) is 24.3 Å². The Morgan fingerprint density at radius 3 is 2.57 bits per heavy atom. The van der Waals surface area contributed by atoms with Crippen LogP contribution in [0.4, 0.5) is 5.69 Å². The number of esters is 1. The molecule has 1 aromatic rings. The summed E-state index contributed by atoms with van der Waals surface area (Å²) in [5, 5.41) is 15.4. The number of aliphatic hydroxyl groups excluding tert-OH is 1. The zero-order valence-electron chi connectivity index (χ0n) is 16.5. The first-order valence-electron chi connectivity index (χ1n) is 9.87. The molecule has 2 aliphatic heterocycles. The van der Waals surface area contributed by atoms with Crippen LogP contribution in [-0.2, 0) is 23.9 Å². The van der Waals surface area contributed by atoms with Crippen molar-refractivity contribution < 1.29 is 29.0 Å². The van der Waals surface area contributed by atoms with Gasteiger partial charge in [-0.1, -0.05) is 18.2 Å². The highest BCUT2D eigenvalue weighted by atomic mass is 16.6. The van der Waals surface area contributed by atoms with Crippen molar-refractivity contribution in [2.45, 2.75) is 31.6 Å². The fourth-order valence-electron chi connectivity index (χ4n) is 3.72. The van der Waals surface area contributed by atoms with Crippen molar-refractivity contribution in [3.63, 3.8) is 0 Å². The average Bonchev–Trinajstić information content (AvgIpc) is 2.92. The Hall–Kier alpha value is -3.14. The molecular weight excluding hydrogens is 392 g/mol. The summed E-state index contributed by atoms with van der Waals surface area (Å²) in [6.45, 7) is 0.533. The molecule has 2 saturated heterocycles. The van der Waals surface area contributed by atoms with Gasteiger partial charge in [-0.2, -0.15) is 0 Å². The molecular formula is C20H26N4O6. The lowest BCUT2D eigenvalue weighted by molar-refractivity contribution is -0.155. The Morgan fingerprint density at radius 1 is 1.20 bits per heavy atom. The maximum atomic E-state index is 12.8. The third-order valence-electron chi connectivity index (χ3n) is 5.33. The molecule has 3 amide bonds. The van der Waals surface area contributed by atoms with E-state index in [4.69, 9.17) is 5.73 Å². The van der Waals surface area contributed by atoms with Crippen LogP contribution in [0.1, 0.15) is 19.3 Å². The minimum Gasteiger partial charge on any atom is -0.434 e. The van der Waals surface area contributed by atoms with Crippen molar-refractivity contribution in [2.24, 2.45) is 17.6 Å². The van der Waals surface area contributed by atoms with Gasteiger partial charge in [0.1, 0.15) is 12.0 Å². The monoisotopic (exact) mass is 418 g/mol. The number of nitrogens with zero attached hydrogens (tertiary/aromatic N) is 1. The fourth-order valence-corrected chi connectivity index (χ4v) is 3.72. The van der Waals surface area contributed by atoms with Crippen molar-refractivity contribution in [1.29, 1.82) is 0 Å². The van der Waals surface area contributed by atoms with Gasteiger partial charge in [0.05, 0.1) is 13.0 Å². The van der Waals surface area contributed by atoms with Crippen molar-refractivity contribution in [2.75, 3.05) is 25.0 Å². The number of carbonyl (C=O) groups is 4. The van der Waals surface area contributed by atoms with Crippen molar-refractivity contribution in [3.8, 4) is 0 Å². The molecule has 30 heavy (non-hydrogen) atoms. The molecule has 162 valence electrons. The van der Waals surface area contributed by atoms with Crippen LogP contribution in [0.3, 0.4) is 0 Å². The number of likely N-dealkylation sites (tertiary alicyclic amines) is 1. The Labute approximate surface area is 173 Å². The molecule has 0 saturated carbocycles. The van der Waals surface area contributed by atoms with E-state index < -0.39 is 41.9 Å². The van der Waals surface area contributed by atoms with Gasteiger partial charge in [-0.05, 0) is 30.9 Å². The Balaban J connectivity index is 1.64. The summed E-state index contributed by atoms with van der Waals surface area (Å²) >= 11 is 0. The third-order valence-corrected chi connectivity index (χ3v) is 5.33. The highest BCUT2D eigenvalue weighted by molar-refractivity contribution is 6.00. The van der Waals surface area contributed by atoms with Gasteiger partial charge in [-0.3, -0.25) is 19.2 Å². The van der Waals surface area contributed by atoms with E-state index in [2.05, 4.69) is 15.4 Å². The molecule has 2 fully saturated rings. The van der Waals surface area contributed by atoms with Crippen LogP contribution in [0.15, 0.2) is 30.3 Å². The first-order valence-corrected chi connectivity index (χ1v) is 9.87. The van der Waals surface area contributed by atoms with E-state index >= 15 is 0 Å². The molecule has 0 radical (unpaired) electrons. The number of cyclic esters (lactones) is 1. The number of primary amides is 1. The Morgan fingerprint density at radius 2 is 1.93 bits per heavy atom.